The van der Waals surface area contributed by atoms with Crippen LogP contribution < -0.4 is 0 Å². The molecule has 0 spiro atoms. The molecule has 0 aliphatic heterocycles. The first-order chi connectivity index (χ1) is 6.11. The van der Waals surface area contributed by atoms with Crippen LogP contribution in [0.3, 0.4) is 0 Å². The fraction of sp³-hybridized carbons (Fsp3) is 0.364. The Morgan fingerprint density at radius 2 is 2.00 bits per heavy atom. The molecular formula is C11H12O2. The van der Waals surface area contributed by atoms with E-state index in [0.29, 0.717) is 5.57 Å². The minimum Gasteiger partial charge on any atom is -0.465 e. The number of allylic oxidation sites excluding steroid dienone is 1. The molecule has 1 aromatic rings. The van der Waals surface area contributed by atoms with Crippen LogP contribution in [0, 0.1) is 13.8 Å². The second kappa shape index (κ2) is 2.59. The summed E-state index contributed by atoms with van der Waals surface area (Å²) in [5.74, 6) is 1.76. The number of ketones is 1. The average Bonchev–Trinajstić information content (AvgIpc) is 2.37. The van der Waals surface area contributed by atoms with E-state index in [9.17, 15) is 4.79 Å². The third kappa shape index (κ3) is 1.05. The van der Waals surface area contributed by atoms with Gasteiger partial charge < -0.3 is 4.42 Å². The number of rotatable bonds is 0. The van der Waals surface area contributed by atoms with Gasteiger partial charge in [0.05, 0.1) is 5.56 Å². The maximum Gasteiger partial charge on any atom is 0.192 e. The van der Waals surface area contributed by atoms with Crippen molar-refractivity contribution in [3.63, 3.8) is 0 Å². The largest absolute Gasteiger partial charge is 0.465 e. The summed E-state index contributed by atoms with van der Waals surface area (Å²) in [6.45, 7) is 7.57. The number of hydrogen-bond donors (Lipinski definition) is 0. The molecule has 13 heavy (non-hydrogen) atoms. The lowest BCUT2D eigenvalue weighted by Gasteiger charge is -2.11. The van der Waals surface area contributed by atoms with E-state index >= 15 is 0 Å². The third-order valence-electron chi connectivity index (χ3n) is 2.66. The fourth-order valence-corrected chi connectivity index (χ4v) is 1.73. The monoisotopic (exact) mass is 176 g/mol. The number of hydrogen-bond acceptors (Lipinski definition) is 2. The zero-order valence-electron chi connectivity index (χ0n) is 7.94. The quantitative estimate of drug-likeness (QED) is 0.569. The lowest BCUT2D eigenvalue weighted by atomic mass is 9.91. The second-order valence-electron chi connectivity index (χ2n) is 3.51. The van der Waals surface area contributed by atoms with Gasteiger partial charge in [0.1, 0.15) is 11.5 Å². The van der Waals surface area contributed by atoms with E-state index in [-0.39, 0.29) is 5.78 Å². The Bertz CT molecular complexity index is 396. The zero-order valence-corrected chi connectivity index (χ0v) is 7.94. The molecular weight excluding hydrogens is 164 g/mol. The summed E-state index contributed by atoms with van der Waals surface area (Å²) in [5, 5.41) is 0. The zero-order chi connectivity index (χ0) is 9.59. The molecule has 0 amide bonds. The number of fused-ring (bicyclic) bond motifs is 1. The second-order valence-corrected chi connectivity index (χ2v) is 3.51. The predicted octanol–water partition coefficient (Wildman–Crippen LogP) is 2.58. The normalized spacial score (nSPS) is 16.2. The van der Waals surface area contributed by atoms with Gasteiger partial charge in [-0.3, -0.25) is 4.79 Å². The molecule has 0 saturated heterocycles. The summed E-state index contributed by atoms with van der Waals surface area (Å²) in [7, 11) is 0. The van der Waals surface area contributed by atoms with Crippen molar-refractivity contribution in [2.24, 2.45) is 0 Å². The van der Waals surface area contributed by atoms with Crippen LogP contribution in [-0.4, -0.2) is 5.78 Å². The maximum atomic E-state index is 11.7. The van der Waals surface area contributed by atoms with Gasteiger partial charge >= 0.3 is 0 Å². The number of carbonyl (C=O) groups is 1. The van der Waals surface area contributed by atoms with E-state index in [1.165, 1.54) is 0 Å². The standard InChI is InChI=1S/C11H12O2/c1-6-4-5-9-10(11(6)12)7(2)8(3)13-9/h1,4-5H2,2-3H3. The highest BCUT2D eigenvalue weighted by Gasteiger charge is 2.26. The van der Waals surface area contributed by atoms with Crippen molar-refractivity contribution in [2.45, 2.75) is 26.7 Å². The van der Waals surface area contributed by atoms with Crippen LogP contribution in [0.1, 0.15) is 33.9 Å². The summed E-state index contributed by atoms with van der Waals surface area (Å²) in [6, 6.07) is 0. The van der Waals surface area contributed by atoms with Crippen molar-refractivity contribution < 1.29 is 9.21 Å². The Hall–Kier alpha value is -1.31. The Morgan fingerprint density at radius 1 is 1.31 bits per heavy atom. The number of carbonyl (C=O) groups excluding carboxylic acids is 1. The van der Waals surface area contributed by atoms with Gasteiger partial charge in [-0.05, 0) is 25.8 Å². The van der Waals surface area contributed by atoms with Gasteiger partial charge in [0.2, 0.25) is 0 Å². The van der Waals surface area contributed by atoms with E-state index in [4.69, 9.17) is 4.42 Å². The van der Waals surface area contributed by atoms with Crippen molar-refractivity contribution in [2.75, 3.05) is 0 Å². The van der Waals surface area contributed by atoms with Crippen molar-refractivity contribution in [1.29, 1.82) is 0 Å². The summed E-state index contributed by atoms with van der Waals surface area (Å²) in [5.41, 5.74) is 2.44. The molecule has 0 fully saturated rings. The number of aryl methyl sites for hydroxylation is 2. The molecule has 68 valence electrons. The molecule has 2 heteroatoms. The van der Waals surface area contributed by atoms with Crippen LogP contribution in [0.25, 0.3) is 0 Å². The molecule has 0 N–H and O–H groups in total. The SMILES string of the molecule is C=C1CCc2oc(C)c(C)c2C1=O. The molecule has 0 unspecified atom stereocenters. The predicted molar refractivity (Wildman–Crippen MR) is 50.0 cm³/mol. The molecule has 0 radical (unpaired) electrons. The van der Waals surface area contributed by atoms with E-state index in [2.05, 4.69) is 6.58 Å². The van der Waals surface area contributed by atoms with E-state index in [1.807, 2.05) is 13.8 Å². The molecule has 1 aliphatic carbocycles. The fourth-order valence-electron chi connectivity index (χ4n) is 1.73. The van der Waals surface area contributed by atoms with E-state index in [0.717, 1.165) is 35.5 Å². The van der Waals surface area contributed by atoms with Crippen molar-refractivity contribution in [3.8, 4) is 0 Å². The van der Waals surface area contributed by atoms with Crippen LogP contribution >= 0.6 is 0 Å². The average molecular weight is 176 g/mol. The van der Waals surface area contributed by atoms with Crippen LogP contribution in [0.2, 0.25) is 0 Å². The number of furan rings is 1. The third-order valence-corrected chi connectivity index (χ3v) is 2.66. The lowest BCUT2D eigenvalue weighted by Crippen LogP contribution is -2.12. The van der Waals surface area contributed by atoms with Crippen molar-refractivity contribution in [3.05, 3.63) is 34.8 Å². The Morgan fingerprint density at radius 3 is 2.69 bits per heavy atom. The topological polar surface area (TPSA) is 30.2 Å². The minimum absolute atomic E-state index is 0.0654. The molecule has 0 saturated carbocycles. The summed E-state index contributed by atoms with van der Waals surface area (Å²) in [4.78, 5) is 11.7. The Labute approximate surface area is 77.2 Å². The van der Waals surface area contributed by atoms with Gasteiger partial charge in [-0.2, -0.15) is 0 Å². The van der Waals surface area contributed by atoms with Crippen molar-refractivity contribution >= 4 is 5.78 Å². The lowest BCUT2D eigenvalue weighted by molar-refractivity contribution is 0.102. The molecule has 0 aromatic carbocycles. The minimum atomic E-state index is 0.0654. The first-order valence-corrected chi connectivity index (χ1v) is 4.42. The maximum absolute atomic E-state index is 11.7. The van der Waals surface area contributed by atoms with Crippen LogP contribution in [0.4, 0.5) is 0 Å². The van der Waals surface area contributed by atoms with Gasteiger partial charge in [-0.25, -0.2) is 0 Å². The van der Waals surface area contributed by atoms with Gasteiger partial charge in [-0.1, -0.05) is 6.58 Å². The molecule has 0 bridgehead atoms. The van der Waals surface area contributed by atoms with Crippen LogP contribution in [0.5, 0.6) is 0 Å². The van der Waals surface area contributed by atoms with Crippen LogP contribution in [-0.2, 0) is 6.42 Å². The first kappa shape index (κ1) is 8.30. The molecule has 2 rings (SSSR count). The first-order valence-electron chi connectivity index (χ1n) is 4.42. The Kier molecular flexibility index (Phi) is 1.65. The van der Waals surface area contributed by atoms with E-state index in [1.54, 1.807) is 0 Å². The summed E-state index contributed by atoms with van der Waals surface area (Å²) < 4.78 is 5.49. The highest BCUT2D eigenvalue weighted by Crippen LogP contribution is 2.30. The smallest absolute Gasteiger partial charge is 0.192 e. The highest BCUT2D eigenvalue weighted by molar-refractivity contribution is 6.11. The molecule has 1 aliphatic rings. The van der Waals surface area contributed by atoms with Gasteiger partial charge in [0, 0.05) is 12.0 Å². The van der Waals surface area contributed by atoms with Crippen LogP contribution in [0.15, 0.2) is 16.6 Å². The van der Waals surface area contributed by atoms with Gasteiger partial charge in [-0.15, -0.1) is 0 Å². The highest BCUT2D eigenvalue weighted by atomic mass is 16.3. The van der Waals surface area contributed by atoms with Crippen molar-refractivity contribution in [1.82, 2.24) is 0 Å². The van der Waals surface area contributed by atoms with Gasteiger partial charge in [0.15, 0.2) is 5.78 Å². The molecule has 1 heterocycles. The molecule has 2 nitrogen and oxygen atoms in total. The van der Waals surface area contributed by atoms with E-state index < -0.39 is 0 Å². The Balaban J connectivity index is 2.64. The number of Topliss-reactive ketones (excluding diaryl/α,β-unsaturated/α-hetero) is 1. The summed E-state index contributed by atoms with van der Waals surface area (Å²) in [6.07, 6.45) is 1.55. The van der Waals surface area contributed by atoms with Gasteiger partial charge in [0.25, 0.3) is 0 Å². The molecule has 0 atom stereocenters. The molecule has 1 aromatic heterocycles. The summed E-state index contributed by atoms with van der Waals surface area (Å²) >= 11 is 0.